The summed E-state index contributed by atoms with van der Waals surface area (Å²) in [4.78, 5) is 43.5. The number of ketones is 2. The molecule has 0 aromatic rings. The van der Waals surface area contributed by atoms with E-state index in [1.165, 1.54) is 5.57 Å². The molecule has 234 valence electrons. The van der Waals surface area contributed by atoms with Crippen LogP contribution in [0.15, 0.2) is 11.6 Å². The van der Waals surface area contributed by atoms with Crippen LogP contribution in [0.4, 0.5) is 0 Å². The third-order valence-electron chi connectivity index (χ3n) is 14.6. The van der Waals surface area contributed by atoms with E-state index in [9.17, 15) is 14.4 Å². The topological polar surface area (TPSA) is 72.9 Å². The van der Waals surface area contributed by atoms with Crippen molar-refractivity contribution in [1.29, 1.82) is 0 Å². The average Bonchev–Trinajstić information content (AvgIpc) is 2.93. The maximum absolute atomic E-state index is 14.5. The fourth-order valence-electron chi connectivity index (χ4n) is 11.4. The van der Waals surface area contributed by atoms with Crippen molar-refractivity contribution in [2.75, 3.05) is 39.5 Å². The normalized spacial score (nSPS) is 46.9. The molecule has 5 aliphatic carbocycles. The molecule has 0 aromatic heterocycles. The Kier molecular flexibility index (Phi) is 7.25. The third-order valence-corrected chi connectivity index (χ3v) is 14.6. The Morgan fingerprint density at radius 1 is 0.952 bits per heavy atom. The van der Waals surface area contributed by atoms with Crippen LogP contribution in [0.2, 0.25) is 0 Å². The van der Waals surface area contributed by atoms with E-state index in [0.717, 1.165) is 84.2 Å². The molecule has 5 fully saturated rings. The summed E-state index contributed by atoms with van der Waals surface area (Å²) in [6.07, 6.45) is 10.3. The van der Waals surface area contributed by atoms with Crippen molar-refractivity contribution in [3.05, 3.63) is 11.6 Å². The Labute approximate surface area is 253 Å². The molecule has 0 radical (unpaired) electrons. The summed E-state index contributed by atoms with van der Waals surface area (Å²) in [6.45, 7) is 20.4. The molecule has 0 unspecified atom stereocenters. The first kappa shape index (κ1) is 30.5. The van der Waals surface area contributed by atoms with Crippen LogP contribution in [-0.2, 0) is 23.9 Å². The minimum atomic E-state index is -0.535. The van der Waals surface area contributed by atoms with Crippen LogP contribution < -0.4 is 0 Å². The zero-order chi connectivity index (χ0) is 30.3. The van der Waals surface area contributed by atoms with Gasteiger partial charge in [-0.1, -0.05) is 47.1 Å². The van der Waals surface area contributed by atoms with Crippen molar-refractivity contribution in [3.8, 4) is 0 Å². The molecular weight excluding hydrogens is 526 g/mol. The molecule has 4 saturated carbocycles. The van der Waals surface area contributed by atoms with Gasteiger partial charge in [-0.15, -0.1) is 0 Å². The maximum atomic E-state index is 14.5. The lowest BCUT2D eigenvalue weighted by Crippen LogP contribution is -2.66. The molecule has 0 spiro atoms. The number of carbonyl (C=O) groups is 3. The van der Waals surface area contributed by atoms with Gasteiger partial charge in [-0.25, -0.2) is 0 Å². The summed E-state index contributed by atoms with van der Waals surface area (Å²) in [5.41, 5.74) is 0.101. The number of hydrogen-bond donors (Lipinski definition) is 0. The first-order valence-electron chi connectivity index (χ1n) is 16.9. The standard InChI is InChI=1S/C36H55NO5/c1-31(2)27-8-11-36(7)29(34(27,5)10-9-28(31)39)26(38)22-24-25-23-33(4,13-12-32(25,3)14-15-35(24,36)6)30(40)42-21-18-37-16-19-41-20-17-37/h22,25,27,29H,8-21,23H2,1-7H3/t25-,27-,29+,32+,33-,34-,35+,36+/m0/s1. The van der Waals surface area contributed by atoms with Crippen molar-refractivity contribution in [1.82, 2.24) is 4.90 Å². The molecule has 0 amide bonds. The van der Waals surface area contributed by atoms with Crippen LogP contribution in [0.5, 0.6) is 0 Å². The van der Waals surface area contributed by atoms with Crippen LogP contribution in [0.25, 0.3) is 0 Å². The van der Waals surface area contributed by atoms with Gasteiger partial charge in [-0.05, 0) is 97.9 Å². The molecule has 6 nitrogen and oxygen atoms in total. The van der Waals surface area contributed by atoms with Gasteiger partial charge in [0.05, 0.1) is 18.6 Å². The van der Waals surface area contributed by atoms with E-state index in [1.807, 2.05) is 0 Å². The van der Waals surface area contributed by atoms with E-state index in [0.29, 0.717) is 18.8 Å². The molecule has 1 aliphatic heterocycles. The lowest BCUT2D eigenvalue weighted by atomic mass is 9.33. The van der Waals surface area contributed by atoms with E-state index >= 15 is 0 Å². The molecular formula is C36H55NO5. The molecule has 0 bridgehead atoms. The second-order valence-electron chi connectivity index (χ2n) is 17.0. The Balaban J connectivity index is 1.28. The van der Waals surface area contributed by atoms with Crippen molar-refractivity contribution >= 4 is 17.5 Å². The van der Waals surface area contributed by atoms with Gasteiger partial charge < -0.3 is 9.47 Å². The number of esters is 1. The average molecular weight is 582 g/mol. The second kappa shape index (κ2) is 9.99. The fraction of sp³-hybridized carbons (Fsp3) is 0.861. The zero-order valence-corrected chi connectivity index (χ0v) is 27.4. The number of morpholine rings is 1. The quantitative estimate of drug-likeness (QED) is 0.357. The van der Waals surface area contributed by atoms with Gasteiger partial charge in [-0.2, -0.15) is 0 Å². The fourth-order valence-corrected chi connectivity index (χ4v) is 11.4. The minimum absolute atomic E-state index is 0.0608. The van der Waals surface area contributed by atoms with Gasteiger partial charge in [0.25, 0.3) is 0 Å². The van der Waals surface area contributed by atoms with Gasteiger partial charge >= 0.3 is 5.97 Å². The highest BCUT2D eigenvalue weighted by molar-refractivity contribution is 5.96. The Morgan fingerprint density at radius 2 is 1.64 bits per heavy atom. The number of rotatable bonds is 4. The van der Waals surface area contributed by atoms with Gasteiger partial charge in [0, 0.05) is 37.4 Å². The van der Waals surface area contributed by atoms with E-state index in [1.54, 1.807) is 0 Å². The van der Waals surface area contributed by atoms with Crippen LogP contribution in [0.3, 0.4) is 0 Å². The van der Waals surface area contributed by atoms with E-state index in [2.05, 4.69) is 59.4 Å². The SMILES string of the molecule is CC1(C)C(=O)CC[C@]2(C)[C@H]3C(=O)C=C4[C@@H]5C[C@@](C)(C(=O)OCCN6CCOCC6)CC[C@]5(C)CC[C@@]4(C)[C@]3(C)CC[C@@H]12. The Hall–Kier alpha value is -1.53. The highest BCUT2D eigenvalue weighted by Gasteiger charge is 2.70. The molecule has 1 heterocycles. The van der Waals surface area contributed by atoms with E-state index in [-0.39, 0.29) is 56.6 Å². The van der Waals surface area contributed by atoms with Gasteiger partial charge in [0.1, 0.15) is 12.4 Å². The predicted molar refractivity (Wildman–Crippen MR) is 163 cm³/mol. The summed E-state index contributed by atoms with van der Waals surface area (Å²) < 4.78 is 11.4. The number of ether oxygens (including phenoxy) is 2. The molecule has 0 aromatic carbocycles. The van der Waals surface area contributed by atoms with Gasteiger partial charge in [-0.3, -0.25) is 19.3 Å². The van der Waals surface area contributed by atoms with Crippen LogP contribution in [0.1, 0.15) is 106 Å². The number of nitrogens with zero attached hydrogens (tertiary/aromatic N) is 1. The lowest BCUT2D eigenvalue weighted by Gasteiger charge is -2.69. The van der Waals surface area contributed by atoms with E-state index in [4.69, 9.17) is 9.47 Å². The molecule has 42 heavy (non-hydrogen) atoms. The second-order valence-corrected chi connectivity index (χ2v) is 17.0. The molecule has 1 saturated heterocycles. The lowest BCUT2D eigenvalue weighted by molar-refractivity contribution is -0.188. The highest BCUT2D eigenvalue weighted by atomic mass is 16.5. The number of Topliss-reactive ketones (excluding diaryl/α,β-unsaturated/α-hetero) is 1. The summed E-state index contributed by atoms with van der Waals surface area (Å²) in [5.74, 6) is 0.968. The molecule has 6 aliphatic rings. The third kappa shape index (κ3) is 4.27. The van der Waals surface area contributed by atoms with Crippen molar-refractivity contribution in [2.24, 2.45) is 50.2 Å². The van der Waals surface area contributed by atoms with Crippen molar-refractivity contribution in [3.63, 3.8) is 0 Å². The highest BCUT2D eigenvalue weighted by Crippen LogP contribution is 2.74. The number of hydrogen-bond acceptors (Lipinski definition) is 6. The maximum Gasteiger partial charge on any atom is 0.311 e. The van der Waals surface area contributed by atoms with E-state index < -0.39 is 5.41 Å². The molecule has 6 heteroatoms. The summed E-state index contributed by atoms with van der Waals surface area (Å²) in [6, 6.07) is 0. The van der Waals surface area contributed by atoms with Crippen LogP contribution >= 0.6 is 0 Å². The first-order valence-corrected chi connectivity index (χ1v) is 16.9. The van der Waals surface area contributed by atoms with Crippen LogP contribution in [-0.4, -0.2) is 61.9 Å². The number of allylic oxidation sites excluding steroid dienone is 2. The summed E-state index contributed by atoms with van der Waals surface area (Å²) in [7, 11) is 0. The number of carbonyl (C=O) groups excluding carboxylic acids is 3. The molecule has 6 rings (SSSR count). The Morgan fingerprint density at radius 3 is 2.36 bits per heavy atom. The molecule has 8 atom stereocenters. The van der Waals surface area contributed by atoms with Crippen LogP contribution in [0, 0.1) is 50.2 Å². The summed E-state index contributed by atoms with van der Waals surface area (Å²) in [5, 5.41) is 0. The van der Waals surface area contributed by atoms with Crippen molar-refractivity contribution in [2.45, 2.75) is 106 Å². The largest absolute Gasteiger partial charge is 0.464 e. The summed E-state index contributed by atoms with van der Waals surface area (Å²) >= 11 is 0. The van der Waals surface area contributed by atoms with Gasteiger partial charge in [0.2, 0.25) is 0 Å². The zero-order valence-electron chi connectivity index (χ0n) is 27.4. The van der Waals surface area contributed by atoms with Gasteiger partial charge in [0.15, 0.2) is 5.78 Å². The Bertz CT molecular complexity index is 1190. The first-order chi connectivity index (χ1) is 19.6. The minimum Gasteiger partial charge on any atom is -0.464 e. The van der Waals surface area contributed by atoms with Crippen molar-refractivity contribution < 1.29 is 23.9 Å². The number of fused-ring (bicyclic) bond motifs is 7. The smallest absolute Gasteiger partial charge is 0.311 e. The monoisotopic (exact) mass is 581 g/mol. The predicted octanol–water partition coefficient (Wildman–Crippen LogP) is 6.41. The molecule has 0 N–H and O–H groups in total.